The van der Waals surface area contributed by atoms with E-state index >= 15 is 0 Å². The Bertz CT molecular complexity index is 775. The summed E-state index contributed by atoms with van der Waals surface area (Å²) in [7, 11) is 0. The van der Waals surface area contributed by atoms with Crippen LogP contribution in [0.1, 0.15) is 27.2 Å². The molecule has 1 aromatic carbocycles. The van der Waals surface area contributed by atoms with Crippen LogP contribution in [0.15, 0.2) is 34.7 Å². The SMILES string of the molecule is N=CC1=C(S)c2c(Oc3ccc(S)cc3)sc(C=O)c2CC1. The lowest BCUT2D eigenvalue weighted by Crippen LogP contribution is -2.03. The Hall–Kier alpha value is -1.50. The second-order valence-electron chi connectivity index (χ2n) is 4.84. The van der Waals surface area contributed by atoms with E-state index in [0.717, 1.165) is 45.6 Å². The van der Waals surface area contributed by atoms with E-state index < -0.39 is 0 Å². The van der Waals surface area contributed by atoms with Gasteiger partial charge in [0.25, 0.3) is 0 Å². The lowest BCUT2D eigenvalue weighted by Gasteiger charge is -2.16. The number of benzene rings is 1. The molecule has 0 fully saturated rings. The molecule has 0 aliphatic heterocycles. The largest absolute Gasteiger partial charge is 0.446 e. The molecule has 3 nitrogen and oxygen atoms in total. The third-order valence-corrected chi connectivity index (χ3v) is 5.36. The maximum absolute atomic E-state index is 11.3. The van der Waals surface area contributed by atoms with Crippen molar-refractivity contribution in [2.24, 2.45) is 0 Å². The molecule has 22 heavy (non-hydrogen) atoms. The van der Waals surface area contributed by atoms with Crippen molar-refractivity contribution in [1.82, 2.24) is 0 Å². The molecule has 1 aliphatic rings. The van der Waals surface area contributed by atoms with E-state index in [0.29, 0.717) is 15.7 Å². The number of hydrogen-bond donors (Lipinski definition) is 3. The highest BCUT2D eigenvalue weighted by Crippen LogP contribution is 2.47. The predicted octanol–water partition coefficient (Wildman–Crippen LogP) is 4.88. The van der Waals surface area contributed by atoms with Gasteiger partial charge in [-0.2, -0.15) is 0 Å². The van der Waals surface area contributed by atoms with Crippen molar-refractivity contribution in [3.63, 3.8) is 0 Å². The zero-order valence-corrected chi connectivity index (χ0v) is 14.1. The van der Waals surface area contributed by atoms with Crippen LogP contribution in [0.4, 0.5) is 0 Å². The molecule has 1 aromatic heterocycles. The van der Waals surface area contributed by atoms with Crippen LogP contribution in [-0.2, 0) is 6.42 Å². The summed E-state index contributed by atoms with van der Waals surface area (Å²) in [5.74, 6) is 0.683. The van der Waals surface area contributed by atoms with Gasteiger partial charge in [-0.05, 0) is 48.2 Å². The Morgan fingerprint density at radius 3 is 2.55 bits per heavy atom. The van der Waals surface area contributed by atoms with Crippen LogP contribution < -0.4 is 4.74 Å². The van der Waals surface area contributed by atoms with E-state index in [-0.39, 0.29) is 0 Å². The number of hydrogen-bond acceptors (Lipinski definition) is 6. The van der Waals surface area contributed by atoms with Gasteiger partial charge in [-0.1, -0.05) is 11.3 Å². The zero-order chi connectivity index (χ0) is 15.7. The van der Waals surface area contributed by atoms with Crippen molar-refractivity contribution in [3.05, 3.63) is 45.8 Å². The minimum atomic E-state index is 0.646. The molecule has 3 rings (SSSR count). The molecule has 1 N–H and O–H groups in total. The summed E-state index contributed by atoms with van der Waals surface area (Å²) < 4.78 is 5.95. The molecule has 0 saturated heterocycles. The average molecular weight is 347 g/mol. The number of allylic oxidation sites excluding steroid dienone is 1. The number of thiol groups is 2. The van der Waals surface area contributed by atoms with Crippen molar-refractivity contribution >= 4 is 54.0 Å². The van der Waals surface area contributed by atoms with Gasteiger partial charge in [0.2, 0.25) is 0 Å². The zero-order valence-electron chi connectivity index (χ0n) is 11.5. The summed E-state index contributed by atoms with van der Waals surface area (Å²) in [5.41, 5.74) is 2.67. The van der Waals surface area contributed by atoms with Crippen LogP contribution in [0, 0.1) is 5.41 Å². The van der Waals surface area contributed by atoms with Crippen LogP contribution in [-0.4, -0.2) is 12.5 Å². The molecular formula is C16H13NO2S3. The number of aldehydes is 1. The van der Waals surface area contributed by atoms with Crippen molar-refractivity contribution in [1.29, 1.82) is 5.41 Å². The predicted molar refractivity (Wildman–Crippen MR) is 96.5 cm³/mol. The normalized spacial score (nSPS) is 13.7. The van der Waals surface area contributed by atoms with E-state index in [1.54, 1.807) is 0 Å². The van der Waals surface area contributed by atoms with Crippen molar-refractivity contribution < 1.29 is 9.53 Å². The summed E-state index contributed by atoms with van der Waals surface area (Å²) in [5, 5.41) is 8.13. The van der Waals surface area contributed by atoms with Crippen LogP contribution in [0.25, 0.3) is 4.91 Å². The first-order valence-electron chi connectivity index (χ1n) is 6.64. The van der Waals surface area contributed by atoms with Gasteiger partial charge in [0, 0.05) is 21.6 Å². The lowest BCUT2D eigenvalue weighted by molar-refractivity contribution is 0.112. The molecule has 0 bridgehead atoms. The number of nitrogens with one attached hydrogen (secondary N) is 1. The van der Waals surface area contributed by atoms with Crippen molar-refractivity contribution in [2.45, 2.75) is 17.7 Å². The summed E-state index contributed by atoms with van der Waals surface area (Å²) in [4.78, 5) is 13.6. The molecule has 6 heteroatoms. The fraction of sp³-hybridized carbons (Fsp3) is 0.125. The minimum Gasteiger partial charge on any atom is -0.446 e. The second kappa shape index (κ2) is 6.32. The van der Waals surface area contributed by atoms with E-state index in [2.05, 4.69) is 25.3 Å². The van der Waals surface area contributed by atoms with E-state index in [9.17, 15) is 4.79 Å². The molecule has 112 valence electrons. The monoisotopic (exact) mass is 347 g/mol. The van der Waals surface area contributed by atoms with Gasteiger partial charge < -0.3 is 10.1 Å². The van der Waals surface area contributed by atoms with Crippen LogP contribution in [0.2, 0.25) is 0 Å². The number of ether oxygens (including phenoxy) is 1. The molecule has 0 spiro atoms. The smallest absolute Gasteiger partial charge is 0.190 e. The van der Waals surface area contributed by atoms with Gasteiger partial charge in [0.15, 0.2) is 11.3 Å². The van der Waals surface area contributed by atoms with Gasteiger partial charge in [0.05, 0.1) is 4.88 Å². The van der Waals surface area contributed by atoms with Crippen LogP contribution in [0.3, 0.4) is 0 Å². The topological polar surface area (TPSA) is 50.1 Å². The number of rotatable bonds is 4. The average Bonchev–Trinajstić information content (AvgIpc) is 2.88. The van der Waals surface area contributed by atoms with Gasteiger partial charge in [-0.15, -0.1) is 25.3 Å². The lowest BCUT2D eigenvalue weighted by atomic mass is 9.94. The summed E-state index contributed by atoms with van der Waals surface area (Å²) in [6.45, 7) is 0. The minimum absolute atomic E-state index is 0.646. The third-order valence-electron chi connectivity index (χ3n) is 3.52. The molecule has 1 aliphatic carbocycles. The molecule has 0 unspecified atom stereocenters. The van der Waals surface area contributed by atoms with Crippen LogP contribution in [0.5, 0.6) is 10.8 Å². The highest BCUT2D eigenvalue weighted by Gasteiger charge is 2.26. The maximum Gasteiger partial charge on any atom is 0.190 e. The fourth-order valence-corrected chi connectivity index (χ4v) is 4.09. The first-order chi connectivity index (χ1) is 10.6. The summed E-state index contributed by atoms with van der Waals surface area (Å²) in [6, 6.07) is 7.35. The van der Waals surface area contributed by atoms with E-state index in [4.69, 9.17) is 10.1 Å². The number of carbonyl (C=O) groups excluding carboxylic acids is 1. The standard InChI is InChI=1S/C16H13NO2S3/c17-7-9-1-6-12-13(8-18)22-16(14(12)15(9)21)19-10-2-4-11(20)5-3-10/h2-5,7-8,17,20-21H,1,6H2. The Morgan fingerprint density at radius 1 is 1.18 bits per heavy atom. The fourth-order valence-electron chi connectivity index (χ4n) is 2.41. The van der Waals surface area contributed by atoms with Crippen molar-refractivity contribution in [3.8, 4) is 10.8 Å². The molecule has 0 radical (unpaired) electrons. The van der Waals surface area contributed by atoms with Crippen LogP contribution >= 0.6 is 36.6 Å². The van der Waals surface area contributed by atoms with E-state index in [1.807, 2.05) is 24.3 Å². The van der Waals surface area contributed by atoms with Gasteiger partial charge in [-0.3, -0.25) is 4.79 Å². The Morgan fingerprint density at radius 2 is 1.91 bits per heavy atom. The Labute approximate surface area is 143 Å². The Balaban J connectivity index is 2.08. The summed E-state index contributed by atoms with van der Waals surface area (Å²) in [6.07, 6.45) is 3.64. The van der Waals surface area contributed by atoms with Gasteiger partial charge in [0.1, 0.15) is 5.75 Å². The van der Waals surface area contributed by atoms with Gasteiger partial charge >= 0.3 is 0 Å². The number of carbonyl (C=O) groups is 1. The number of fused-ring (bicyclic) bond motifs is 1. The quantitative estimate of drug-likeness (QED) is 0.419. The first kappa shape index (κ1) is 15.4. The molecule has 1 heterocycles. The third kappa shape index (κ3) is 2.74. The highest BCUT2D eigenvalue weighted by atomic mass is 32.1. The second-order valence-corrected chi connectivity index (χ2v) is 6.82. The molecule has 0 amide bonds. The Kier molecular flexibility index (Phi) is 4.42. The molecule has 2 aromatic rings. The molecular weight excluding hydrogens is 334 g/mol. The molecule has 0 saturated carbocycles. The van der Waals surface area contributed by atoms with E-state index in [1.165, 1.54) is 17.6 Å². The molecule has 0 atom stereocenters. The highest BCUT2D eigenvalue weighted by molar-refractivity contribution is 7.90. The summed E-state index contributed by atoms with van der Waals surface area (Å²) >= 11 is 10.1. The van der Waals surface area contributed by atoms with Gasteiger partial charge in [-0.25, -0.2) is 0 Å². The van der Waals surface area contributed by atoms with Crippen molar-refractivity contribution in [2.75, 3.05) is 0 Å². The first-order valence-corrected chi connectivity index (χ1v) is 8.35. The maximum atomic E-state index is 11.3. The number of thiophene rings is 1.